The smallest absolute Gasteiger partial charge is 0.0705 e. The van der Waals surface area contributed by atoms with Crippen LogP contribution in [0.5, 0.6) is 0 Å². The Balaban J connectivity index is 2.62. The van der Waals surface area contributed by atoms with Gasteiger partial charge in [0.2, 0.25) is 0 Å². The number of aromatic nitrogens is 1. The third-order valence-corrected chi connectivity index (χ3v) is 2.12. The highest BCUT2D eigenvalue weighted by Crippen LogP contribution is 2.16. The van der Waals surface area contributed by atoms with Crippen LogP contribution in [-0.2, 0) is 0 Å². The number of benzene rings is 1. The molecule has 1 atom stereocenters. The molecule has 65 valence electrons. The summed E-state index contributed by atoms with van der Waals surface area (Å²) in [5.74, 6) is 0.254. The van der Waals surface area contributed by atoms with Crippen molar-refractivity contribution >= 4 is 10.9 Å². The average molecular weight is 170 g/mol. The molecular weight excluding hydrogens is 158 g/mol. The maximum atomic E-state index is 4.51. The van der Waals surface area contributed by atoms with E-state index in [4.69, 9.17) is 0 Å². The fraction of sp³-hybridized carbons (Fsp3) is 0.167. The van der Waals surface area contributed by atoms with E-state index in [2.05, 4.69) is 31.0 Å². The summed E-state index contributed by atoms with van der Waals surface area (Å²) in [6.45, 7) is 6.01. The van der Waals surface area contributed by atoms with Crippen LogP contribution in [0.2, 0.25) is 0 Å². The molecule has 1 nitrogen and oxygen atoms in total. The van der Waals surface area contributed by atoms with E-state index in [9.17, 15) is 0 Å². The van der Waals surface area contributed by atoms with Gasteiger partial charge in [-0.3, -0.25) is 4.98 Å². The molecule has 0 aliphatic rings. The normalized spacial score (nSPS) is 11.0. The molecular formula is C12H12N. The maximum Gasteiger partial charge on any atom is 0.0705 e. The van der Waals surface area contributed by atoms with Gasteiger partial charge in [-0.1, -0.05) is 31.2 Å². The molecule has 0 saturated carbocycles. The first-order chi connectivity index (χ1) is 6.27. The summed E-state index contributed by atoms with van der Waals surface area (Å²) in [7, 11) is 0. The van der Waals surface area contributed by atoms with Crippen molar-refractivity contribution in [1.82, 2.24) is 4.98 Å². The van der Waals surface area contributed by atoms with Crippen LogP contribution in [-0.4, -0.2) is 4.98 Å². The van der Waals surface area contributed by atoms with Crippen molar-refractivity contribution in [1.29, 1.82) is 0 Å². The summed E-state index contributed by atoms with van der Waals surface area (Å²) in [5.41, 5.74) is 2.11. The third kappa shape index (κ3) is 1.55. The van der Waals surface area contributed by atoms with Gasteiger partial charge in [-0.25, -0.2) is 0 Å². The zero-order valence-electron chi connectivity index (χ0n) is 7.70. The zero-order valence-corrected chi connectivity index (χ0v) is 7.70. The number of para-hydroxylation sites is 1. The Kier molecular flexibility index (Phi) is 2.01. The Hall–Kier alpha value is -1.37. The highest BCUT2D eigenvalue weighted by molar-refractivity contribution is 5.78. The topological polar surface area (TPSA) is 12.9 Å². The largest absolute Gasteiger partial charge is 0.253 e. The molecule has 0 bridgehead atoms. The molecule has 0 amide bonds. The van der Waals surface area contributed by atoms with E-state index in [0.717, 1.165) is 11.2 Å². The van der Waals surface area contributed by atoms with E-state index in [0.29, 0.717) is 0 Å². The maximum absolute atomic E-state index is 4.51. The van der Waals surface area contributed by atoms with Crippen molar-refractivity contribution in [2.24, 2.45) is 0 Å². The molecule has 13 heavy (non-hydrogen) atoms. The van der Waals surface area contributed by atoms with E-state index in [1.54, 1.807) is 0 Å². The molecule has 1 heteroatoms. The Labute approximate surface area is 78.4 Å². The predicted molar refractivity (Wildman–Crippen MR) is 55.5 cm³/mol. The van der Waals surface area contributed by atoms with Crippen LogP contribution >= 0.6 is 0 Å². The highest BCUT2D eigenvalue weighted by Gasteiger charge is 2.00. The molecule has 0 aliphatic carbocycles. The molecule has 2 aromatic rings. The standard InChI is InChI=1S/C12H12N/c1-9(2)11-8-7-10-5-3-4-6-12(10)13-11/h3-9H,1H2,2H3. The van der Waals surface area contributed by atoms with E-state index in [1.807, 2.05) is 24.3 Å². The molecule has 0 fully saturated rings. The first-order valence-corrected chi connectivity index (χ1v) is 4.46. The molecule has 2 rings (SSSR count). The molecule has 0 aliphatic heterocycles. The van der Waals surface area contributed by atoms with Crippen LogP contribution in [0.1, 0.15) is 18.5 Å². The average Bonchev–Trinajstić information content (AvgIpc) is 2.17. The summed E-state index contributed by atoms with van der Waals surface area (Å²) in [4.78, 5) is 4.51. The van der Waals surface area contributed by atoms with Crippen LogP contribution in [0.25, 0.3) is 10.9 Å². The van der Waals surface area contributed by atoms with Crippen LogP contribution in [0.4, 0.5) is 0 Å². The van der Waals surface area contributed by atoms with Crippen LogP contribution in [0.3, 0.4) is 0 Å². The molecule has 0 N–H and O–H groups in total. The lowest BCUT2D eigenvalue weighted by atomic mass is 10.1. The van der Waals surface area contributed by atoms with Gasteiger partial charge in [0.15, 0.2) is 0 Å². The lowest BCUT2D eigenvalue weighted by Crippen LogP contribution is -1.92. The van der Waals surface area contributed by atoms with Crippen molar-refractivity contribution < 1.29 is 0 Å². The molecule has 0 saturated heterocycles. The fourth-order valence-corrected chi connectivity index (χ4v) is 1.36. The van der Waals surface area contributed by atoms with E-state index < -0.39 is 0 Å². The van der Waals surface area contributed by atoms with E-state index in [-0.39, 0.29) is 5.92 Å². The Morgan fingerprint density at radius 1 is 1.15 bits per heavy atom. The van der Waals surface area contributed by atoms with Gasteiger partial charge in [-0.2, -0.15) is 0 Å². The molecule has 0 spiro atoms. The van der Waals surface area contributed by atoms with Crippen molar-refractivity contribution in [3.8, 4) is 0 Å². The van der Waals surface area contributed by atoms with Crippen LogP contribution in [0.15, 0.2) is 36.4 Å². The molecule has 1 radical (unpaired) electrons. The van der Waals surface area contributed by atoms with Crippen molar-refractivity contribution in [2.75, 3.05) is 0 Å². The van der Waals surface area contributed by atoms with Crippen molar-refractivity contribution in [2.45, 2.75) is 12.8 Å². The number of hydrogen-bond donors (Lipinski definition) is 0. The highest BCUT2D eigenvalue weighted by atomic mass is 14.7. The minimum absolute atomic E-state index is 0.254. The van der Waals surface area contributed by atoms with Crippen molar-refractivity contribution in [3.63, 3.8) is 0 Å². The molecule has 1 unspecified atom stereocenters. The lowest BCUT2D eigenvalue weighted by molar-refractivity contribution is 0.914. The quantitative estimate of drug-likeness (QED) is 0.640. The van der Waals surface area contributed by atoms with Gasteiger partial charge in [0.05, 0.1) is 5.52 Å². The summed E-state index contributed by atoms with van der Waals surface area (Å²) >= 11 is 0. The summed E-state index contributed by atoms with van der Waals surface area (Å²) in [5, 5.41) is 1.19. The molecule has 1 aromatic heterocycles. The summed E-state index contributed by atoms with van der Waals surface area (Å²) in [6.07, 6.45) is 0. The fourth-order valence-electron chi connectivity index (χ4n) is 1.36. The number of rotatable bonds is 1. The van der Waals surface area contributed by atoms with Gasteiger partial charge in [0.25, 0.3) is 0 Å². The van der Waals surface area contributed by atoms with Gasteiger partial charge in [0, 0.05) is 11.1 Å². The third-order valence-electron chi connectivity index (χ3n) is 2.12. The lowest BCUT2D eigenvalue weighted by Gasteiger charge is -2.04. The number of hydrogen-bond acceptors (Lipinski definition) is 1. The number of nitrogens with zero attached hydrogens (tertiary/aromatic N) is 1. The van der Waals surface area contributed by atoms with Gasteiger partial charge in [-0.15, -0.1) is 0 Å². The first-order valence-electron chi connectivity index (χ1n) is 4.46. The molecule has 1 heterocycles. The minimum atomic E-state index is 0.254. The first kappa shape index (κ1) is 8.24. The minimum Gasteiger partial charge on any atom is -0.253 e. The summed E-state index contributed by atoms with van der Waals surface area (Å²) < 4.78 is 0. The summed E-state index contributed by atoms with van der Waals surface area (Å²) in [6, 6.07) is 12.3. The number of pyridine rings is 1. The Morgan fingerprint density at radius 3 is 2.69 bits per heavy atom. The van der Waals surface area contributed by atoms with Crippen LogP contribution in [0, 0.1) is 6.92 Å². The van der Waals surface area contributed by atoms with E-state index >= 15 is 0 Å². The second-order valence-corrected chi connectivity index (χ2v) is 3.33. The van der Waals surface area contributed by atoms with Gasteiger partial charge in [-0.05, 0) is 25.0 Å². The van der Waals surface area contributed by atoms with E-state index in [1.165, 1.54) is 5.39 Å². The second kappa shape index (κ2) is 3.17. The number of fused-ring (bicyclic) bond motifs is 1. The van der Waals surface area contributed by atoms with Crippen LogP contribution < -0.4 is 0 Å². The Morgan fingerprint density at radius 2 is 1.92 bits per heavy atom. The predicted octanol–water partition coefficient (Wildman–Crippen LogP) is 3.17. The van der Waals surface area contributed by atoms with Gasteiger partial charge in [0.1, 0.15) is 0 Å². The zero-order chi connectivity index (χ0) is 9.26. The molecule has 1 aromatic carbocycles. The monoisotopic (exact) mass is 170 g/mol. The SMILES string of the molecule is [CH2]C(C)c1ccc2ccccc2n1. The second-order valence-electron chi connectivity index (χ2n) is 3.33. The van der Waals surface area contributed by atoms with Gasteiger partial charge >= 0.3 is 0 Å². The van der Waals surface area contributed by atoms with Gasteiger partial charge < -0.3 is 0 Å². The van der Waals surface area contributed by atoms with Crippen molar-refractivity contribution in [3.05, 3.63) is 49.0 Å². The Bertz CT molecular complexity index is 418.